The number of ether oxygens (including phenoxy) is 4. The molecule has 106 valence electrons. The summed E-state index contributed by atoms with van der Waals surface area (Å²) in [6.07, 6.45) is -0.0370. The van der Waals surface area contributed by atoms with Crippen molar-refractivity contribution in [2.45, 2.75) is 34.0 Å². The molecule has 5 heteroatoms. The fourth-order valence-corrected chi connectivity index (χ4v) is 0.946. The van der Waals surface area contributed by atoms with E-state index in [1.807, 2.05) is 27.7 Å². The van der Waals surface area contributed by atoms with Crippen LogP contribution in [0.3, 0.4) is 0 Å². The monoisotopic (exact) mass is 252 g/mol. The number of aliphatic hydroxyl groups excluding tert-OH is 1. The second kappa shape index (κ2) is 18.2. The van der Waals surface area contributed by atoms with Gasteiger partial charge in [0.2, 0.25) is 0 Å². The van der Waals surface area contributed by atoms with Gasteiger partial charge in [-0.2, -0.15) is 0 Å². The minimum Gasteiger partial charge on any atom is -0.394 e. The molecule has 0 bridgehead atoms. The zero-order valence-corrected chi connectivity index (χ0v) is 11.6. The highest BCUT2D eigenvalue weighted by molar-refractivity contribution is 4.28. The Balaban J connectivity index is 0. The van der Waals surface area contributed by atoms with Gasteiger partial charge in [0, 0.05) is 19.8 Å². The second-order valence-electron chi connectivity index (χ2n) is 3.01. The van der Waals surface area contributed by atoms with Crippen molar-refractivity contribution >= 4 is 0 Å². The van der Waals surface area contributed by atoms with Crippen molar-refractivity contribution < 1.29 is 24.1 Å². The van der Waals surface area contributed by atoms with Gasteiger partial charge in [0.25, 0.3) is 0 Å². The first-order chi connectivity index (χ1) is 8.22. The Bertz CT molecular complexity index is 109. The van der Waals surface area contributed by atoms with Crippen LogP contribution in [0.25, 0.3) is 0 Å². The molecular weight excluding hydrogens is 224 g/mol. The van der Waals surface area contributed by atoms with Crippen molar-refractivity contribution in [3.63, 3.8) is 0 Å². The van der Waals surface area contributed by atoms with Crippen LogP contribution in [0.5, 0.6) is 0 Å². The van der Waals surface area contributed by atoms with Crippen LogP contribution in [0, 0.1) is 0 Å². The smallest absolute Gasteiger partial charge is 0.154 e. The molecule has 5 nitrogen and oxygen atoms in total. The highest BCUT2D eigenvalue weighted by atomic mass is 16.7. The summed E-state index contributed by atoms with van der Waals surface area (Å²) in [5.41, 5.74) is 0. The topological polar surface area (TPSA) is 57.2 Å². The highest BCUT2D eigenvalue weighted by Gasteiger charge is 1.94. The predicted octanol–water partition coefficient (Wildman–Crippen LogP) is 1.44. The van der Waals surface area contributed by atoms with Crippen molar-refractivity contribution in [2.75, 3.05) is 46.2 Å². The third-order valence-electron chi connectivity index (χ3n) is 1.61. The fourth-order valence-electron chi connectivity index (χ4n) is 0.946. The van der Waals surface area contributed by atoms with Gasteiger partial charge in [0.15, 0.2) is 6.29 Å². The largest absolute Gasteiger partial charge is 0.394 e. The minimum atomic E-state index is -0.0370. The average Bonchev–Trinajstić information content (AvgIpc) is 2.31. The van der Waals surface area contributed by atoms with Crippen LogP contribution in [0.1, 0.15) is 27.7 Å². The molecule has 0 aromatic carbocycles. The van der Waals surface area contributed by atoms with E-state index >= 15 is 0 Å². The number of hydrogen-bond acceptors (Lipinski definition) is 5. The summed E-state index contributed by atoms with van der Waals surface area (Å²) in [4.78, 5) is 0. The lowest BCUT2D eigenvalue weighted by molar-refractivity contribution is -0.123. The molecule has 0 amide bonds. The van der Waals surface area contributed by atoms with E-state index in [4.69, 9.17) is 24.1 Å². The van der Waals surface area contributed by atoms with Gasteiger partial charge in [0.05, 0.1) is 26.4 Å². The summed E-state index contributed by atoms with van der Waals surface area (Å²) >= 11 is 0. The van der Waals surface area contributed by atoms with E-state index in [2.05, 4.69) is 0 Å². The molecule has 17 heavy (non-hydrogen) atoms. The molecule has 1 N–H and O–H groups in total. The molecule has 0 unspecified atom stereocenters. The number of aliphatic hydroxyl groups is 1. The fraction of sp³-hybridized carbons (Fsp3) is 1.00. The molecule has 0 aliphatic carbocycles. The third-order valence-corrected chi connectivity index (χ3v) is 1.61. The van der Waals surface area contributed by atoms with Gasteiger partial charge < -0.3 is 24.1 Å². The van der Waals surface area contributed by atoms with E-state index < -0.39 is 0 Å². The second-order valence-corrected chi connectivity index (χ2v) is 3.01. The molecule has 0 rings (SSSR count). The van der Waals surface area contributed by atoms with E-state index in [0.717, 1.165) is 19.8 Å². The van der Waals surface area contributed by atoms with Crippen molar-refractivity contribution in [1.82, 2.24) is 0 Å². The number of hydrogen-bond donors (Lipinski definition) is 1. The van der Waals surface area contributed by atoms with Gasteiger partial charge >= 0.3 is 0 Å². The first kappa shape index (κ1) is 19.1. The molecule has 0 aromatic rings. The van der Waals surface area contributed by atoms with Crippen LogP contribution in [0.2, 0.25) is 0 Å². The Kier molecular flexibility index (Phi) is 20.5. The summed E-state index contributed by atoms with van der Waals surface area (Å²) in [5.74, 6) is 0. The Morgan fingerprint density at radius 3 is 1.76 bits per heavy atom. The maximum absolute atomic E-state index is 8.26. The summed E-state index contributed by atoms with van der Waals surface area (Å²) in [7, 11) is 0. The van der Waals surface area contributed by atoms with Gasteiger partial charge in [0.1, 0.15) is 0 Å². The van der Waals surface area contributed by atoms with E-state index in [0.29, 0.717) is 19.8 Å². The van der Waals surface area contributed by atoms with Crippen LogP contribution in [-0.2, 0) is 18.9 Å². The maximum atomic E-state index is 8.26. The van der Waals surface area contributed by atoms with Gasteiger partial charge in [-0.05, 0) is 27.7 Å². The molecule has 0 saturated heterocycles. The Hall–Kier alpha value is -0.200. The Labute approximate surface area is 105 Å². The third kappa shape index (κ3) is 21.6. The van der Waals surface area contributed by atoms with Crippen LogP contribution in [-0.4, -0.2) is 57.6 Å². The molecule has 0 spiro atoms. The van der Waals surface area contributed by atoms with Crippen molar-refractivity contribution in [3.05, 3.63) is 0 Å². The standard InChI is InChI=1S/C6H14O3.C6H14O2/c1-2-8-5-6-9-4-3-7;1-4-7-6(3)8-5-2/h7H,2-6H2,1H3;6H,4-5H2,1-3H3. The van der Waals surface area contributed by atoms with Gasteiger partial charge in [-0.15, -0.1) is 0 Å². The zero-order chi connectivity index (χ0) is 13.4. The number of rotatable bonds is 10. The molecule has 0 saturated carbocycles. The SMILES string of the molecule is CCOC(C)OCC.CCOCCOCCO. The summed E-state index contributed by atoms with van der Waals surface area (Å²) < 4.78 is 20.0. The average molecular weight is 252 g/mol. The van der Waals surface area contributed by atoms with Gasteiger partial charge in [-0.25, -0.2) is 0 Å². The van der Waals surface area contributed by atoms with E-state index in [-0.39, 0.29) is 12.9 Å². The van der Waals surface area contributed by atoms with Crippen molar-refractivity contribution in [2.24, 2.45) is 0 Å². The normalized spacial score (nSPS) is 10.2. The minimum absolute atomic E-state index is 0.0370. The molecular formula is C12H28O5. The zero-order valence-electron chi connectivity index (χ0n) is 11.6. The quantitative estimate of drug-likeness (QED) is 0.471. The van der Waals surface area contributed by atoms with Crippen LogP contribution < -0.4 is 0 Å². The van der Waals surface area contributed by atoms with Crippen molar-refractivity contribution in [3.8, 4) is 0 Å². The van der Waals surface area contributed by atoms with E-state index in [1.165, 1.54) is 0 Å². The van der Waals surface area contributed by atoms with E-state index in [1.54, 1.807) is 0 Å². The summed E-state index contributed by atoms with van der Waals surface area (Å²) in [6, 6.07) is 0. The van der Waals surface area contributed by atoms with Crippen LogP contribution in [0.4, 0.5) is 0 Å². The predicted molar refractivity (Wildman–Crippen MR) is 67.1 cm³/mol. The maximum Gasteiger partial charge on any atom is 0.154 e. The summed E-state index contributed by atoms with van der Waals surface area (Å²) in [6.45, 7) is 11.6. The summed E-state index contributed by atoms with van der Waals surface area (Å²) in [5, 5.41) is 8.26. The molecule has 0 aromatic heterocycles. The molecule has 0 heterocycles. The van der Waals surface area contributed by atoms with Gasteiger partial charge in [-0.1, -0.05) is 0 Å². The Morgan fingerprint density at radius 1 is 0.824 bits per heavy atom. The van der Waals surface area contributed by atoms with Crippen LogP contribution in [0.15, 0.2) is 0 Å². The lowest BCUT2D eigenvalue weighted by Gasteiger charge is -2.09. The molecule has 0 aliphatic heterocycles. The van der Waals surface area contributed by atoms with Gasteiger partial charge in [-0.3, -0.25) is 0 Å². The van der Waals surface area contributed by atoms with E-state index in [9.17, 15) is 0 Å². The first-order valence-corrected chi connectivity index (χ1v) is 6.22. The highest BCUT2D eigenvalue weighted by Crippen LogP contribution is 1.90. The molecule has 0 atom stereocenters. The first-order valence-electron chi connectivity index (χ1n) is 6.22. The lowest BCUT2D eigenvalue weighted by atomic mass is 10.7. The van der Waals surface area contributed by atoms with Crippen molar-refractivity contribution in [1.29, 1.82) is 0 Å². The molecule has 0 fully saturated rings. The lowest BCUT2D eigenvalue weighted by Crippen LogP contribution is -2.11. The Morgan fingerprint density at radius 2 is 1.35 bits per heavy atom. The molecule has 0 radical (unpaired) electrons. The molecule has 0 aliphatic rings. The van der Waals surface area contributed by atoms with Crippen LogP contribution >= 0.6 is 0 Å².